The highest BCUT2D eigenvalue weighted by molar-refractivity contribution is 5.80. The normalized spacial score (nSPS) is 29.6. The van der Waals surface area contributed by atoms with E-state index >= 15 is 0 Å². The molecule has 3 fully saturated rings. The van der Waals surface area contributed by atoms with Crippen molar-refractivity contribution in [3.8, 4) is 0 Å². The molecule has 3 atom stereocenters. The maximum Gasteiger partial charge on any atom is 0.227 e. The number of nitrogens with zero attached hydrogens (tertiary/aromatic N) is 5. The Hall–Kier alpha value is -2.11. The molecule has 0 aromatic carbocycles. The number of hydrogen-bond donors (Lipinski definition) is 0. The van der Waals surface area contributed by atoms with Crippen molar-refractivity contribution in [1.82, 2.24) is 19.5 Å². The summed E-state index contributed by atoms with van der Waals surface area (Å²) >= 11 is 0. The first-order valence-corrected chi connectivity index (χ1v) is 9.12. The van der Waals surface area contributed by atoms with Gasteiger partial charge in [-0.15, -0.1) is 0 Å². The van der Waals surface area contributed by atoms with Crippen LogP contribution in [0.2, 0.25) is 0 Å². The fourth-order valence-corrected chi connectivity index (χ4v) is 4.82. The average Bonchev–Trinajstić information content (AvgIpc) is 3.35. The van der Waals surface area contributed by atoms with E-state index in [2.05, 4.69) is 19.9 Å². The van der Waals surface area contributed by atoms with Gasteiger partial charge in [-0.2, -0.15) is 5.10 Å². The second kappa shape index (κ2) is 5.46. The van der Waals surface area contributed by atoms with Crippen LogP contribution < -0.4 is 4.90 Å². The third kappa shape index (κ3) is 2.27. The molecule has 3 unspecified atom stereocenters. The van der Waals surface area contributed by atoms with Gasteiger partial charge in [0.2, 0.25) is 5.91 Å². The van der Waals surface area contributed by atoms with Crippen molar-refractivity contribution in [1.29, 1.82) is 0 Å². The van der Waals surface area contributed by atoms with Crippen LogP contribution in [0.25, 0.3) is 5.65 Å². The molecule has 2 saturated heterocycles. The van der Waals surface area contributed by atoms with E-state index in [4.69, 9.17) is 0 Å². The van der Waals surface area contributed by atoms with Crippen molar-refractivity contribution < 1.29 is 4.79 Å². The van der Waals surface area contributed by atoms with Crippen molar-refractivity contribution in [3.05, 3.63) is 24.5 Å². The second-order valence-corrected chi connectivity index (χ2v) is 7.55. The summed E-state index contributed by atoms with van der Waals surface area (Å²) in [6.07, 6.45) is 8.64. The van der Waals surface area contributed by atoms with Crippen LogP contribution in [0.1, 0.15) is 25.7 Å². The highest BCUT2D eigenvalue weighted by atomic mass is 16.2. The lowest BCUT2D eigenvalue weighted by Crippen LogP contribution is -2.36. The number of fused-ring (bicyclic) bond motifs is 2. The summed E-state index contributed by atoms with van der Waals surface area (Å²) in [7, 11) is 0. The molecule has 1 aliphatic carbocycles. The van der Waals surface area contributed by atoms with Gasteiger partial charge < -0.3 is 9.80 Å². The first-order chi connectivity index (χ1) is 11.8. The molecule has 3 aliphatic rings. The highest BCUT2D eigenvalue weighted by Crippen LogP contribution is 2.38. The molecular formula is C18H23N5O. The van der Waals surface area contributed by atoms with Gasteiger partial charge in [0.25, 0.3) is 0 Å². The quantitative estimate of drug-likeness (QED) is 0.845. The van der Waals surface area contributed by atoms with E-state index in [0.29, 0.717) is 5.91 Å². The van der Waals surface area contributed by atoms with Crippen LogP contribution in [0.4, 0.5) is 5.82 Å². The summed E-state index contributed by atoms with van der Waals surface area (Å²) in [4.78, 5) is 21.9. The Morgan fingerprint density at radius 3 is 2.75 bits per heavy atom. The number of carbonyl (C=O) groups is 1. The SMILES string of the molecule is O=C(C1CCN(c2ccn3nccc3n2)C1)N1CC2CCCC2C1. The lowest BCUT2D eigenvalue weighted by molar-refractivity contribution is -0.134. The molecule has 2 aromatic heterocycles. The summed E-state index contributed by atoms with van der Waals surface area (Å²) < 4.78 is 1.77. The Balaban J connectivity index is 1.27. The van der Waals surface area contributed by atoms with Crippen LogP contribution in [-0.2, 0) is 4.79 Å². The van der Waals surface area contributed by atoms with Gasteiger partial charge in [0.05, 0.1) is 12.1 Å². The minimum absolute atomic E-state index is 0.131. The van der Waals surface area contributed by atoms with E-state index in [0.717, 1.165) is 55.9 Å². The topological polar surface area (TPSA) is 53.7 Å². The summed E-state index contributed by atoms with van der Waals surface area (Å²) in [5.74, 6) is 3.01. The lowest BCUT2D eigenvalue weighted by Gasteiger charge is -2.22. The smallest absolute Gasteiger partial charge is 0.227 e. The van der Waals surface area contributed by atoms with E-state index in [1.54, 1.807) is 10.7 Å². The Morgan fingerprint density at radius 2 is 1.92 bits per heavy atom. The number of anilines is 1. The molecule has 24 heavy (non-hydrogen) atoms. The number of aromatic nitrogens is 3. The van der Waals surface area contributed by atoms with Gasteiger partial charge in [0.15, 0.2) is 5.65 Å². The van der Waals surface area contributed by atoms with E-state index in [1.807, 2.05) is 18.3 Å². The van der Waals surface area contributed by atoms with E-state index in [9.17, 15) is 4.79 Å². The van der Waals surface area contributed by atoms with E-state index in [-0.39, 0.29) is 5.92 Å². The van der Waals surface area contributed by atoms with Crippen LogP contribution in [0.5, 0.6) is 0 Å². The van der Waals surface area contributed by atoms with Crippen molar-refractivity contribution in [2.45, 2.75) is 25.7 Å². The molecule has 0 bridgehead atoms. The van der Waals surface area contributed by atoms with Crippen LogP contribution in [0.3, 0.4) is 0 Å². The predicted molar refractivity (Wildman–Crippen MR) is 90.7 cm³/mol. The Kier molecular flexibility index (Phi) is 3.24. The molecule has 126 valence electrons. The molecule has 6 nitrogen and oxygen atoms in total. The zero-order chi connectivity index (χ0) is 16.1. The first kappa shape index (κ1) is 14.3. The van der Waals surface area contributed by atoms with Crippen molar-refractivity contribution >= 4 is 17.4 Å². The average molecular weight is 325 g/mol. The minimum Gasteiger partial charge on any atom is -0.356 e. The minimum atomic E-state index is 0.131. The third-order valence-electron chi connectivity index (χ3n) is 6.14. The Morgan fingerprint density at radius 1 is 1.08 bits per heavy atom. The summed E-state index contributed by atoms with van der Waals surface area (Å²) in [6, 6.07) is 3.90. The van der Waals surface area contributed by atoms with Crippen LogP contribution in [-0.4, -0.2) is 51.6 Å². The first-order valence-electron chi connectivity index (χ1n) is 9.12. The van der Waals surface area contributed by atoms with Gasteiger partial charge in [-0.05, 0) is 37.2 Å². The van der Waals surface area contributed by atoms with Crippen molar-refractivity contribution in [3.63, 3.8) is 0 Å². The van der Waals surface area contributed by atoms with Gasteiger partial charge >= 0.3 is 0 Å². The molecule has 0 radical (unpaired) electrons. The maximum absolute atomic E-state index is 12.9. The van der Waals surface area contributed by atoms with Crippen molar-refractivity contribution in [2.24, 2.45) is 17.8 Å². The molecule has 0 N–H and O–H groups in total. The monoisotopic (exact) mass is 325 g/mol. The number of carbonyl (C=O) groups excluding carboxylic acids is 1. The number of rotatable bonds is 2. The molecular weight excluding hydrogens is 302 g/mol. The van der Waals surface area contributed by atoms with Gasteiger partial charge in [0, 0.05) is 38.4 Å². The number of hydrogen-bond acceptors (Lipinski definition) is 4. The van der Waals surface area contributed by atoms with Crippen molar-refractivity contribution in [2.75, 3.05) is 31.1 Å². The van der Waals surface area contributed by atoms with Gasteiger partial charge in [-0.3, -0.25) is 4.79 Å². The van der Waals surface area contributed by atoms with Gasteiger partial charge in [0.1, 0.15) is 5.82 Å². The largest absolute Gasteiger partial charge is 0.356 e. The second-order valence-electron chi connectivity index (χ2n) is 7.55. The van der Waals surface area contributed by atoms with Crippen LogP contribution >= 0.6 is 0 Å². The fourth-order valence-electron chi connectivity index (χ4n) is 4.82. The maximum atomic E-state index is 12.9. The molecule has 0 spiro atoms. The fraction of sp³-hybridized carbons (Fsp3) is 0.611. The Bertz CT molecular complexity index is 760. The predicted octanol–water partition coefficient (Wildman–Crippen LogP) is 1.81. The number of likely N-dealkylation sites (tertiary alicyclic amines) is 1. The van der Waals surface area contributed by atoms with E-state index < -0.39 is 0 Å². The standard InChI is InChI=1S/C18H23N5O/c24-18(22-10-13-2-1-3-14(13)11-22)15-5-8-21(12-15)16-6-9-23-17(20-16)4-7-19-23/h4,6-7,9,13-15H,1-3,5,8,10-12H2. The Labute approximate surface area is 141 Å². The molecule has 1 saturated carbocycles. The van der Waals surface area contributed by atoms with Gasteiger partial charge in [-0.1, -0.05) is 6.42 Å². The third-order valence-corrected chi connectivity index (χ3v) is 6.14. The summed E-state index contributed by atoms with van der Waals surface area (Å²) in [5.41, 5.74) is 0.856. The highest BCUT2D eigenvalue weighted by Gasteiger charge is 2.41. The summed E-state index contributed by atoms with van der Waals surface area (Å²) in [5, 5.41) is 4.18. The zero-order valence-electron chi connectivity index (χ0n) is 13.8. The molecule has 2 aliphatic heterocycles. The molecule has 5 rings (SSSR count). The lowest BCUT2D eigenvalue weighted by atomic mass is 10.0. The van der Waals surface area contributed by atoms with E-state index in [1.165, 1.54) is 19.3 Å². The van der Waals surface area contributed by atoms with Crippen LogP contribution in [0, 0.1) is 17.8 Å². The van der Waals surface area contributed by atoms with Gasteiger partial charge in [-0.25, -0.2) is 9.50 Å². The molecule has 4 heterocycles. The number of amides is 1. The molecule has 6 heteroatoms. The molecule has 1 amide bonds. The van der Waals surface area contributed by atoms with Crippen LogP contribution in [0.15, 0.2) is 24.5 Å². The summed E-state index contributed by atoms with van der Waals surface area (Å²) in [6.45, 7) is 3.70. The molecule has 2 aromatic rings. The zero-order valence-corrected chi connectivity index (χ0v) is 13.8.